The number of pyridine rings is 1. The van der Waals surface area contributed by atoms with E-state index in [1.165, 1.54) is 10.9 Å². The Hall–Kier alpha value is -2.00. The van der Waals surface area contributed by atoms with E-state index in [0.717, 1.165) is 49.6 Å². The van der Waals surface area contributed by atoms with Gasteiger partial charge in [0.25, 0.3) is 5.91 Å². The van der Waals surface area contributed by atoms with Crippen LogP contribution in [0.15, 0.2) is 24.5 Å². The minimum Gasteiger partial charge on any atom is -0.337 e. The number of rotatable bonds is 3. The number of piperidine rings is 1. The number of thiazole rings is 1. The first-order valence-electron chi connectivity index (χ1n) is 9.26. The van der Waals surface area contributed by atoms with Crippen molar-refractivity contribution in [2.75, 3.05) is 19.6 Å². The van der Waals surface area contributed by atoms with Crippen LogP contribution in [-0.4, -0.2) is 50.8 Å². The van der Waals surface area contributed by atoms with Crippen molar-refractivity contribution in [3.8, 4) is 0 Å². The number of halogens is 3. The largest absolute Gasteiger partial charge is 0.433 e. The molecular formula is C19H21F3N4OS. The van der Waals surface area contributed by atoms with Gasteiger partial charge in [0.15, 0.2) is 0 Å². The molecule has 4 rings (SSSR count). The summed E-state index contributed by atoms with van der Waals surface area (Å²) in [6.07, 6.45) is 1.24. The van der Waals surface area contributed by atoms with E-state index in [0.29, 0.717) is 13.1 Å². The van der Waals surface area contributed by atoms with Crippen LogP contribution in [0.3, 0.4) is 0 Å². The lowest BCUT2D eigenvalue weighted by molar-refractivity contribution is -0.141. The molecule has 1 amide bonds. The molecule has 0 aromatic carbocycles. The molecule has 0 saturated carbocycles. The lowest BCUT2D eigenvalue weighted by Crippen LogP contribution is -2.66. The van der Waals surface area contributed by atoms with E-state index in [9.17, 15) is 18.0 Å². The van der Waals surface area contributed by atoms with Crippen LogP contribution in [0, 0.1) is 6.92 Å². The molecule has 2 saturated heterocycles. The van der Waals surface area contributed by atoms with Crippen LogP contribution in [0.2, 0.25) is 0 Å². The average Bonchev–Trinajstić information content (AvgIpc) is 3.09. The maximum atomic E-state index is 12.9. The molecule has 0 N–H and O–H groups in total. The van der Waals surface area contributed by atoms with Crippen LogP contribution in [0.25, 0.3) is 0 Å². The summed E-state index contributed by atoms with van der Waals surface area (Å²) in [6.45, 7) is 4.86. The molecule has 150 valence electrons. The van der Waals surface area contributed by atoms with Gasteiger partial charge in [0, 0.05) is 54.6 Å². The van der Waals surface area contributed by atoms with E-state index in [2.05, 4.69) is 14.9 Å². The molecule has 0 unspecified atom stereocenters. The first kappa shape index (κ1) is 19.3. The van der Waals surface area contributed by atoms with Gasteiger partial charge in [-0.15, -0.1) is 11.3 Å². The van der Waals surface area contributed by atoms with Crippen LogP contribution in [-0.2, 0) is 12.7 Å². The Kier molecular flexibility index (Phi) is 4.91. The molecule has 2 aliphatic rings. The Balaban J connectivity index is 1.48. The third-order valence-corrected chi connectivity index (χ3v) is 6.57. The van der Waals surface area contributed by atoms with Crippen molar-refractivity contribution in [3.63, 3.8) is 0 Å². The molecular weight excluding hydrogens is 389 g/mol. The number of aromatic nitrogens is 2. The molecule has 2 fully saturated rings. The van der Waals surface area contributed by atoms with Gasteiger partial charge in [0.2, 0.25) is 0 Å². The molecule has 1 atom stereocenters. The summed E-state index contributed by atoms with van der Waals surface area (Å²) in [6, 6.07) is 2.21. The van der Waals surface area contributed by atoms with Gasteiger partial charge in [0.05, 0.1) is 5.01 Å². The number of hydrogen-bond donors (Lipinski definition) is 0. The van der Waals surface area contributed by atoms with Gasteiger partial charge >= 0.3 is 6.18 Å². The molecule has 9 heteroatoms. The van der Waals surface area contributed by atoms with Gasteiger partial charge in [-0.1, -0.05) is 0 Å². The zero-order valence-electron chi connectivity index (χ0n) is 15.5. The van der Waals surface area contributed by atoms with E-state index in [1.807, 2.05) is 13.1 Å². The number of nitrogens with zero attached hydrogens (tertiary/aromatic N) is 4. The summed E-state index contributed by atoms with van der Waals surface area (Å²) in [5.74, 6) is -0.354. The van der Waals surface area contributed by atoms with Crippen molar-refractivity contribution >= 4 is 17.2 Å². The minimum absolute atomic E-state index is 0.0448. The van der Waals surface area contributed by atoms with Gasteiger partial charge in [0.1, 0.15) is 5.69 Å². The number of carbonyl (C=O) groups excluding carboxylic acids is 1. The summed E-state index contributed by atoms with van der Waals surface area (Å²) in [7, 11) is 0. The lowest BCUT2D eigenvalue weighted by Gasteiger charge is -2.57. The van der Waals surface area contributed by atoms with Crippen molar-refractivity contribution in [2.24, 2.45) is 0 Å². The zero-order chi connectivity index (χ0) is 19.9. The lowest BCUT2D eigenvalue weighted by atomic mass is 9.77. The maximum Gasteiger partial charge on any atom is 0.433 e. The second kappa shape index (κ2) is 7.11. The number of amides is 1. The van der Waals surface area contributed by atoms with Gasteiger partial charge in [-0.2, -0.15) is 13.2 Å². The third kappa shape index (κ3) is 3.65. The highest BCUT2D eigenvalue weighted by atomic mass is 32.1. The Labute approximate surface area is 165 Å². The van der Waals surface area contributed by atoms with Gasteiger partial charge in [-0.05, 0) is 38.3 Å². The fraction of sp³-hybridized carbons (Fsp3) is 0.526. The molecule has 5 nitrogen and oxygen atoms in total. The van der Waals surface area contributed by atoms with Crippen LogP contribution in [0.4, 0.5) is 13.2 Å². The van der Waals surface area contributed by atoms with Gasteiger partial charge < -0.3 is 4.90 Å². The average molecular weight is 410 g/mol. The van der Waals surface area contributed by atoms with Crippen molar-refractivity contribution in [1.82, 2.24) is 19.8 Å². The van der Waals surface area contributed by atoms with Crippen molar-refractivity contribution in [3.05, 3.63) is 45.7 Å². The van der Waals surface area contributed by atoms with Crippen LogP contribution in [0.5, 0.6) is 0 Å². The zero-order valence-corrected chi connectivity index (χ0v) is 16.3. The van der Waals surface area contributed by atoms with Crippen molar-refractivity contribution < 1.29 is 18.0 Å². The number of alkyl halides is 3. The number of hydrogen-bond acceptors (Lipinski definition) is 5. The summed E-state index contributed by atoms with van der Waals surface area (Å²) in [5, 5.41) is 1.03. The Bertz CT molecular complexity index is 884. The van der Waals surface area contributed by atoms with E-state index >= 15 is 0 Å². The summed E-state index contributed by atoms with van der Waals surface area (Å²) in [4.78, 5) is 25.8. The third-order valence-electron chi connectivity index (χ3n) is 5.67. The second-order valence-electron chi connectivity index (χ2n) is 7.50. The summed E-state index contributed by atoms with van der Waals surface area (Å²) in [5.41, 5.74) is -1.06. The monoisotopic (exact) mass is 410 g/mol. The Morgan fingerprint density at radius 3 is 2.75 bits per heavy atom. The predicted octanol–water partition coefficient (Wildman–Crippen LogP) is 3.75. The fourth-order valence-electron chi connectivity index (χ4n) is 4.15. The van der Waals surface area contributed by atoms with Crippen molar-refractivity contribution in [2.45, 2.75) is 44.4 Å². The number of aryl methyl sites for hydroxylation is 1. The predicted molar refractivity (Wildman–Crippen MR) is 99.0 cm³/mol. The first-order valence-corrected chi connectivity index (χ1v) is 10.1. The van der Waals surface area contributed by atoms with Crippen LogP contribution < -0.4 is 0 Å². The van der Waals surface area contributed by atoms with Crippen LogP contribution >= 0.6 is 11.3 Å². The maximum absolute atomic E-state index is 12.9. The topological polar surface area (TPSA) is 49.3 Å². The summed E-state index contributed by atoms with van der Waals surface area (Å²) < 4.78 is 38.8. The highest BCUT2D eigenvalue weighted by molar-refractivity contribution is 7.11. The molecule has 2 aromatic rings. The molecule has 4 heterocycles. The Morgan fingerprint density at radius 2 is 2.11 bits per heavy atom. The molecule has 2 aromatic heterocycles. The quantitative estimate of drug-likeness (QED) is 0.774. The highest BCUT2D eigenvalue weighted by Gasteiger charge is 2.48. The van der Waals surface area contributed by atoms with E-state index in [-0.39, 0.29) is 17.0 Å². The number of likely N-dealkylation sites (tertiary alicyclic amines) is 2. The van der Waals surface area contributed by atoms with E-state index < -0.39 is 11.9 Å². The fourth-order valence-corrected chi connectivity index (χ4v) is 4.96. The molecule has 1 spiro atoms. The molecule has 0 radical (unpaired) electrons. The van der Waals surface area contributed by atoms with Crippen molar-refractivity contribution in [1.29, 1.82) is 0 Å². The number of carbonyl (C=O) groups is 1. The minimum atomic E-state index is -4.56. The van der Waals surface area contributed by atoms with E-state index in [4.69, 9.17) is 0 Å². The molecule has 0 bridgehead atoms. The smallest absolute Gasteiger partial charge is 0.337 e. The summed E-state index contributed by atoms with van der Waals surface area (Å²) >= 11 is 1.67. The van der Waals surface area contributed by atoms with Gasteiger partial charge in [-0.25, -0.2) is 4.98 Å². The molecule has 2 aliphatic heterocycles. The standard InChI is InChI=1S/C19H21F3N4OS/c1-13-24-10-15(28-13)11-26-8-5-18(26)4-2-7-25(12-18)17(27)14-3-6-23-16(9-14)19(20,21)22/h3,6,9-10H,2,4-5,7-8,11-12H2,1H3/t18-/m1/s1. The highest BCUT2D eigenvalue weighted by Crippen LogP contribution is 2.40. The SMILES string of the molecule is Cc1ncc(CN2CC[C@@]23CCCN(C(=O)c2ccnc(C(F)(F)F)c2)C3)s1. The van der Waals surface area contributed by atoms with Gasteiger partial charge in [-0.3, -0.25) is 14.7 Å². The molecule has 0 aliphatic carbocycles. The molecule has 28 heavy (non-hydrogen) atoms. The van der Waals surface area contributed by atoms with E-state index in [1.54, 1.807) is 16.2 Å². The Morgan fingerprint density at radius 1 is 1.29 bits per heavy atom. The van der Waals surface area contributed by atoms with Crippen LogP contribution in [0.1, 0.15) is 45.2 Å². The second-order valence-corrected chi connectivity index (χ2v) is 8.82. The normalized spacial score (nSPS) is 23.1. The first-order chi connectivity index (χ1) is 13.3.